The quantitative estimate of drug-likeness (QED) is 0.252. The van der Waals surface area contributed by atoms with Gasteiger partial charge in [0, 0.05) is 25.8 Å². The first kappa shape index (κ1) is 27.5. The van der Waals surface area contributed by atoms with Crippen LogP contribution in [0.4, 0.5) is 9.18 Å². The maximum absolute atomic E-state index is 13.6. The number of alkyl halides is 1. The molecule has 13 nitrogen and oxygen atoms in total. The van der Waals surface area contributed by atoms with E-state index in [1.54, 1.807) is 0 Å². The average molecular weight is 555 g/mol. The van der Waals surface area contributed by atoms with Crippen molar-refractivity contribution >= 4 is 22.0 Å². The number of sulfonamides is 1. The predicted octanol–water partition coefficient (Wildman–Crippen LogP) is 1.67. The molecular weight excluding hydrogens is 527 g/mol. The van der Waals surface area contributed by atoms with Crippen molar-refractivity contribution in [2.75, 3.05) is 33.7 Å². The molecule has 3 heterocycles. The molecule has 2 aliphatic rings. The minimum Gasteiger partial charge on any atom is -0.463 e. The number of hydroxylamine groups is 1. The van der Waals surface area contributed by atoms with Gasteiger partial charge in [-0.1, -0.05) is 0 Å². The van der Waals surface area contributed by atoms with Crippen LogP contribution in [0.2, 0.25) is 0 Å². The van der Waals surface area contributed by atoms with Gasteiger partial charge in [-0.25, -0.2) is 28.1 Å². The number of amides is 2. The van der Waals surface area contributed by atoms with Gasteiger partial charge in [-0.2, -0.15) is 4.31 Å². The molecule has 2 N–H and O–H groups in total. The first-order chi connectivity index (χ1) is 18.3. The molecule has 0 spiro atoms. The lowest BCUT2D eigenvalue weighted by molar-refractivity contribution is -0.136. The lowest BCUT2D eigenvalue weighted by Crippen LogP contribution is -2.66. The first-order valence-corrected chi connectivity index (χ1v) is 13.1. The number of rotatable bonds is 10. The molecule has 2 fully saturated rings. The van der Waals surface area contributed by atoms with Gasteiger partial charge < -0.3 is 18.9 Å². The van der Waals surface area contributed by atoms with Gasteiger partial charge in [0.2, 0.25) is 22.8 Å². The molecule has 4 rings (SSSR count). The third-order valence-electron chi connectivity index (χ3n) is 6.30. The molecule has 2 saturated heterocycles. The number of hydrogen-bond acceptors (Lipinski definition) is 10. The first-order valence-electron chi connectivity index (χ1n) is 11.6. The summed E-state index contributed by atoms with van der Waals surface area (Å²) in [6.45, 7) is -0.962. The number of fused-ring (bicyclic) bond motifs is 2. The van der Waals surface area contributed by atoms with Crippen LogP contribution in [0.15, 0.2) is 47.5 Å². The number of benzene rings is 1. The molecule has 2 aliphatic heterocycles. The predicted molar refractivity (Wildman–Crippen MR) is 127 cm³/mol. The molecule has 0 aliphatic carbocycles. The number of carbonyl (C=O) groups excluding carboxylic acids is 2. The summed E-state index contributed by atoms with van der Waals surface area (Å²) in [5.74, 6) is -0.199. The normalized spacial score (nSPS) is 21.1. The summed E-state index contributed by atoms with van der Waals surface area (Å²) in [6.07, 6.45) is 1.20. The van der Waals surface area contributed by atoms with Crippen LogP contribution in [0.5, 0.6) is 17.4 Å². The van der Waals surface area contributed by atoms with Crippen LogP contribution >= 0.6 is 0 Å². The van der Waals surface area contributed by atoms with Crippen molar-refractivity contribution in [3.05, 3.63) is 42.6 Å². The molecule has 3 atom stereocenters. The Bertz CT molecular complexity index is 1230. The lowest BCUT2D eigenvalue weighted by Gasteiger charge is -2.44. The topological polar surface area (TPSA) is 157 Å². The highest BCUT2D eigenvalue weighted by atomic mass is 32.2. The summed E-state index contributed by atoms with van der Waals surface area (Å²) in [5, 5.41) is 9.36. The Morgan fingerprint density at radius 2 is 1.87 bits per heavy atom. The maximum Gasteiger partial charge on any atom is 0.410 e. The summed E-state index contributed by atoms with van der Waals surface area (Å²) in [5.41, 5.74) is 1.52. The molecular formula is C23H27FN4O9S. The summed E-state index contributed by atoms with van der Waals surface area (Å²) in [6, 6.07) is 5.94. The Kier molecular flexibility index (Phi) is 8.61. The second-order valence-corrected chi connectivity index (χ2v) is 10.4. The third-order valence-corrected chi connectivity index (χ3v) is 8.13. The highest BCUT2D eigenvalue weighted by Crippen LogP contribution is 2.38. The van der Waals surface area contributed by atoms with Crippen LogP contribution in [0, 0.1) is 0 Å². The van der Waals surface area contributed by atoms with E-state index in [1.165, 1.54) is 53.9 Å². The number of aromatic nitrogens is 1. The van der Waals surface area contributed by atoms with Crippen LogP contribution in [-0.4, -0.2) is 91.7 Å². The van der Waals surface area contributed by atoms with Crippen molar-refractivity contribution in [3.63, 3.8) is 0 Å². The van der Waals surface area contributed by atoms with Crippen molar-refractivity contribution in [3.8, 4) is 17.4 Å². The molecule has 1 aromatic carbocycles. The van der Waals surface area contributed by atoms with E-state index in [-0.39, 0.29) is 30.5 Å². The number of piperazine rings is 1. The molecule has 206 valence electrons. The van der Waals surface area contributed by atoms with E-state index in [2.05, 4.69) is 4.98 Å². The number of nitrogens with one attached hydrogen (secondary N) is 1. The van der Waals surface area contributed by atoms with E-state index in [9.17, 15) is 27.6 Å². The number of ether oxygens (including phenoxy) is 4. The van der Waals surface area contributed by atoms with Crippen molar-refractivity contribution in [2.24, 2.45) is 0 Å². The monoisotopic (exact) mass is 554 g/mol. The van der Waals surface area contributed by atoms with Crippen LogP contribution in [0.25, 0.3) is 0 Å². The molecule has 2 bridgehead atoms. The van der Waals surface area contributed by atoms with Crippen molar-refractivity contribution in [1.29, 1.82) is 0 Å². The van der Waals surface area contributed by atoms with E-state index >= 15 is 0 Å². The van der Waals surface area contributed by atoms with Crippen molar-refractivity contribution in [2.45, 2.75) is 35.9 Å². The van der Waals surface area contributed by atoms with E-state index < -0.39 is 47.0 Å². The SMILES string of the molecule is COCCOC(=O)N1[C@@H]2CC[C@H]1[C@H](C(=O)NO)N(S(=O)(=O)c1ccc(Oc3ccc(OCF)cc3)nc1)C2. The molecule has 15 heteroatoms. The lowest BCUT2D eigenvalue weighted by atomic mass is 10.1. The van der Waals surface area contributed by atoms with Crippen LogP contribution < -0.4 is 15.0 Å². The summed E-state index contributed by atoms with van der Waals surface area (Å²) < 4.78 is 60.8. The van der Waals surface area contributed by atoms with Gasteiger partial charge in [0.05, 0.1) is 18.8 Å². The highest BCUT2D eigenvalue weighted by Gasteiger charge is 2.55. The zero-order valence-electron chi connectivity index (χ0n) is 20.4. The molecule has 38 heavy (non-hydrogen) atoms. The smallest absolute Gasteiger partial charge is 0.410 e. The number of pyridine rings is 1. The van der Waals surface area contributed by atoms with Crippen molar-refractivity contribution in [1.82, 2.24) is 19.7 Å². The summed E-state index contributed by atoms with van der Waals surface area (Å²) in [7, 11) is -2.81. The molecule has 2 aromatic rings. The fourth-order valence-corrected chi connectivity index (χ4v) is 6.21. The number of carbonyl (C=O) groups is 2. The summed E-state index contributed by atoms with van der Waals surface area (Å²) in [4.78, 5) is 30.6. The molecule has 2 amide bonds. The number of halogens is 1. The highest BCUT2D eigenvalue weighted by molar-refractivity contribution is 7.89. The van der Waals surface area contributed by atoms with E-state index in [0.29, 0.717) is 24.3 Å². The zero-order valence-corrected chi connectivity index (χ0v) is 21.2. The Labute approximate surface area is 218 Å². The number of hydrogen-bond donors (Lipinski definition) is 2. The van der Waals surface area contributed by atoms with Gasteiger partial charge in [0.25, 0.3) is 5.91 Å². The van der Waals surface area contributed by atoms with E-state index in [0.717, 1.165) is 10.5 Å². The Morgan fingerprint density at radius 3 is 2.50 bits per heavy atom. The largest absolute Gasteiger partial charge is 0.463 e. The number of methoxy groups -OCH3 is 1. The van der Waals surface area contributed by atoms with Gasteiger partial charge in [-0.05, 0) is 43.2 Å². The minimum absolute atomic E-state index is 0.000218. The Hall–Kier alpha value is -3.53. The van der Waals surface area contributed by atoms with Gasteiger partial charge in [-0.3, -0.25) is 14.9 Å². The molecule has 0 unspecified atom stereocenters. The van der Waals surface area contributed by atoms with Crippen LogP contribution in [0.1, 0.15) is 12.8 Å². The van der Waals surface area contributed by atoms with Crippen LogP contribution in [-0.2, 0) is 24.3 Å². The standard InChI is InChI=1S/C23H27FN4O9S/c1-34-10-11-35-23(30)28-15-2-8-19(28)21(22(29)26-31)27(13-15)38(32,33)18-7-9-20(25-12-18)37-17-5-3-16(4-6-17)36-14-24/h3-7,9,12,15,19,21,31H,2,8,10-11,13-14H2,1H3,(H,26,29)/t15-,19+,21-/m1/s1. The van der Waals surface area contributed by atoms with E-state index in [4.69, 9.17) is 18.9 Å². The van der Waals surface area contributed by atoms with Crippen LogP contribution in [0.3, 0.4) is 0 Å². The zero-order chi connectivity index (χ0) is 27.3. The van der Waals surface area contributed by atoms with Gasteiger partial charge >= 0.3 is 6.09 Å². The van der Waals surface area contributed by atoms with Gasteiger partial charge in [-0.15, -0.1) is 0 Å². The van der Waals surface area contributed by atoms with E-state index in [1.807, 2.05) is 0 Å². The average Bonchev–Trinajstić information content (AvgIpc) is 3.23. The third kappa shape index (κ3) is 5.65. The maximum atomic E-state index is 13.6. The molecule has 0 radical (unpaired) electrons. The Morgan fingerprint density at radius 1 is 1.13 bits per heavy atom. The van der Waals surface area contributed by atoms with Gasteiger partial charge in [0.1, 0.15) is 29.0 Å². The number of nitrogens with zero attached hydrogens (tertiary/aromatic N) is 3. The summed E-state index contributed by atoms with van der Waals surface area (Å²) >= 11 is 0. The van der Waals surface area contributed by atoms with Gasteiger partial charge in [0.15, 0.2) is 0 Å². The fraction of sp³-hybridized carbons (Fsp3) is 0.435. The molecule has 1 aromatic heterocycles. The second-order valence-electron chi connectivity index (χ2n) is 8.47. The minimum atomic E-state index is -4.27. The second kappa shape index (κ2) is 11.9. The Balaban J connectivity index is 1.53. The fourth-order valence-electron chi connectivity index (χ4n) is 4.61. The van der Waals surface area contributed by atoms with Crippen molar-refractivity contribution < 1.29 is 46.6 Å². The molecule has 0 saturated carbocycles.